The summed E-state index contributed by atoms with van der Waals surface area (Å²) in [6.45, 7) is 0.740. The molecule has 0 atom stereocenters. The summed E-state index contributed by atoms with van der Waals surface area (Å²) < 4.78 is 29.1. The van der Waals surface area contributed by atoms with Gasteiger partial charge in [-0.2, -0.15) is 12.7 Å². The summed E-state index contributed by atoms with van der Waals surface area (Å²) in [4.78, 5) is 32.0. The Balaban J connectivity index is 4.92. The number of carboxylic acids is 2. The van der Waals surface area contributed by atoms with E-state index in [1.807, 2.05) is 0 Å². The first-order chi connectivity index (χ1) is 8.54. The standard InChI is InChI=1S/C8H14N2O8S/c1-5(2)18-8(15)9-19(16,17)10(3-6(11)12)4-7(13)14/h5H,3-4H2,1-2H3,(H,9,15)(H,11,12)(H,13,14). The van der Waals surface area contributed by atoms with Crippen LogP contribution in [0.4, 0.5) is 4.79 Å². The number of carbonyl (C=O) groups excluding carboxylic acids is 1. The average Bonchev–Trinajstić information content (AvgIpc) is 2.12. The Hall–Kier alpha value is -1.88. The Morgan fingerprint density at radius 1 is 1.16 bits per heavy atom. The molecular weight excluding hydrogens is 284 g/mol. The number of hydrogen-bond acceptors (Lipinski definition) is 6. The summed E-state index contributed by atoms with van der Waals surface area (Å²) in [5, 5.41) is 17.0. The van der Waals surface area contributed by atoms with Gasteiger partial charge in [0, 0.05) is 0 Å². The van der Waals surface area contributed by atoms with Gasteiger partial charge < -0.3 is 14.9 Å². The Morgan fingerprint density at radius 3 is 1.89 bits per heavy atom. The highest BCUT2D eigenvalue weighted by Gasteiger charge is 2.29. The SMILES string of the molecule is CC(C)OC(=O)NS(=O)(=O)N(CC(=O)O)CC(=O)O. The van der Waals surface area contributed by atoms with E-state index in [9.17, 15) is 22.8 Å². The Morgan fingerprint density at radius 2 is 1.58 bits per heavy atom. The van der Waals surface area contributed by atoms with Gasteiger partial charge in [0.15, 0.2) is 0 Å². The maximum Gasteiger partial charge on any atom is 0.422 e. The quantitative estimate of drug-likeness (QED) is 0.532. The zero-order valence-electron chi connectivity index (χ0n) is 10.2. The van der Waals surface area contributed by atoms with Gasteiger partial charge >= 0.3 is 28.2 Å². The third-order valence-corrected chi connectivity index (χ3v) is 2.88. The molecule has 0 radical (unpaired) electrons. The van der Waals surface area contributed by atoms with Crippen LogP contribution in [0.15, 0.2) is 0 Å². The largest absolute Gasteiger partial charge is 0.480 e. The summed E-state index contributed by atoms with van der Waals surface area (Å²) in [5.41, 5.74) is 0. The molecule has 10 nitrogen and oxygen atoms in total. The van der Waals surface area contributed by atoms with E-state index in [1.165, 1.54) is 18.6 Å². The van der Waals surface area contributed by atoms with Gasteiger partial charge in [-0.15, -0.1) is 0 Å². The van der Waals surface area contributed by atoms with Crippen LogP contribution in [0, 0.1) is 0 Å². The summed E-state index contributed by atoms with van der Waals surface area (Å²) >= 11 is 0. The lowest BCUT2D eigenvalue weighted by atomic mass is 10.5. The number of carbonyl (C=O) groups is 3. The van der Waals surface area contributed by atoms with E-state index in [0.717, 1.165) is 0 Å². The van der Waals surface area contributed by atoms with Gasteiger partial charge in [0.25, 0.3) is 0 Å². The highest BCUT2D eigenvalue weighted by Crippen LogP contribution is 1.99. The fourth-order valence-corrected chi connectivity index (χ4v) is 1.88. The number of hydrogen-bond donors (Lipinski definition) is 3. The molecule has 0 rings (SSSR count). The van der Waals surface area contributed by atoms with E-state index in [1.54, 1.807) is 0 Å². The molecule has 110 valence electrons. The van der Waals surface area contributed by atoms with Crippen molar-refractivity contribution in [2.45, 2.75) is 20.0 Å². The van der Waals surface area contributed by atoms with Gasteiger partial charge in [-0.05, 0) is 13.8 Å². The van der Waals surface area contributed by atoms with Crippen molar-refractivity contribution in [3.05, 3.63) is 0 Å². The van der Waals surface area contributed by atoms with E-state index >= 15 is 0 Å². The molecule has 0 unspecified atom stereocenters. The summed E-state index contributed by atoms with van der Waals surface area (Å²) in [7, 11) is -4.61. The summed E-state index contributed by atoms with van der Waals surface area (Å²) in [6, 6.07) is 0. The van der Waals surface area contributed by atoms with Crippen molar-refractivity contribution < 1.29 is 37.8 Å². The molecule has 0 aliphatic heterocycles. The van der Waals surface area contributed by atoms with Crippen molar-refractivity contribution in [1.29, 1.82) is 0 Å². The second-order valence-electron chi connectivity index (χ2n) is 3.62. The molecule has 19 heavy (non-hydrogen) atoms. The zero-order chi connectivity index (χ0) is 15.2. The minimum atomic E-state index is -4.61. The number of rotatable bonds is 7. The lowest BCUT2D eigenvalue weighted by Gasteiger charge is -2.18. The molecule has 3 N–H and O–H groups in total. The molecule has 0 aromatic carbocycles. The molecule has 0 aromatic rings. The number of amides is 1. The van der Waals surface area contributed by atoms with Crippen molar-refractivity contribution in [3.8, 4) is 0 Å². The molecule has 0 aliphatic rings. The fraction of sp³-hybridized carbons (Fsp3) is 0.625. The van der Waals surface area contributed by atoms with Crippen LogP contribution in [0.2, 0.25) is 0 Å². The first kappa shape index (κ1) is 17.1. The van der Waals surface area contributed by atoms with Crippen LogP contribution in [0.1, 0.15) is 13.8 Å². The molecule has 0 fully saturated rings. The predicted molar refractivity (Wildman–Crippen MR) is 60.5 cm³/mol. The molecule has 0 aromatic heterocycles. The lowest BCUT2D eigenvalue weighted by molar-refractivity contribution is -0.139. The van der Waals surface area contributed by atoms with Crippen LogP contribution < -0.4 is 4.72 Å². The van der Waals surface area contributed by atoms with Crippen molar-refractivity contribution in [2.24, 2.45) is 0 Å². The number of nitrogens with zero attached hydrogens (tertiary/aromatic N) is 1. The monoisotopic (exact) mass is 298 g/mol. The smallest absolute Gasteiger partial charge is 0.422 e. The third-order valence-electron chi connectivity index (χ3n) is 1.52. The van der Waals surface area contributed by atoms with Gasteiger partial charge in [0.1, 0.15) is 13.1 Å². The topological polar surface area (TPSA) is 150 Å². The van der Waals surface area contributed by atoms with Gasteiger partial charge in [-0.1, -0.05) is 0 Å². The third kappa shape index (κ3) is 7.21. The molecule has 0 saturated carbocycles. The van der Waals surface area contributed by atoms with Crippen molar-refractivity contribution in [2.75, 3.05) is 13.1 Å². The van der Waals surface area contributed by atoms with E-state index in [4.69, 9.17) is 10.2 Å². The maximum absolute atomic E-state index is 11.6. The van der Waals surface area contributed by atoms with Crippen LogP contribution in [-0.4, -0.2) is 60.2 Å². The molecule has 0 heterocycles. The first-order valence-corrected chi connectivity index (χ1v) is 6.40. The highest BCUT2D eigenvalue weighted by atomic mass is 32.2. The Kier molecular flexibility index (Phi) is 6.21. The van der Waals surface area contributed by atoms with Gasteiger partial charge in [-0.25, -0.2) is 9.52 Å². The van der Waals surface area contributed by atoms with Gasteiger partial charge in [0.2, 0.25) is 0 Å². The van der Waals surface area contributed by atoms with Gasteiger partial charge in [-0.3, -0.25) is 9.59 Å². The number of aliphatic carboxylic acids is 2. The van der Waals surface area contributed by atoms with Crippen LogP contribution in [0.3, 0.4) is 0 Å². The van der Waals surface area contributed by atoms with Crippen LogP contribution in [0.5, 0.6) is 0 Å². The molecule has 0 spiro atoms. The molecular formula is C8H14N2O8S. The minimum Gasteiger partial charge on any atom is -0.480 e. The fourth-order valence-electron chi connectivity index (χ4n) is 0.936. The Labute approximate surface area is 109 Å². The van der Waals surface area contributed by atoms with Crippen LogP contribution in [0.25, 0.3) is 0 Å². The Bertz CT molecular complexity index is 441. The van der Waals surface area contributed by atoms with Gasteiger partial charge in [0.05, 0.1) is 6.10 Å². The van der Waals surface area contributed by atoms with E-state index in [-0.39, 0.29) is 4.31 Å². The molecule has 0 bridgehead atoms. The zero-order valence-corrected chi connectivity index (χ0v) is 11.0. The van der Waals surface area contributed by atoms with Crippen molar-refractivity contribution >= 4 is 28.2 Å². The van der Waals surface area contributed by atoms with Crippen LogP contribution in [-0.2, 0) is 24.5 Å². The second kappa shape index (κ2) is 6.89. The highest BCUT2D eigenvalue weighted by molar-refractivity contribution is 7.87. The molecule has 0 saturated heterocycles. The lowest BCUT2D eigenvalue weighted by Crippen LogP contribution is -2.48. The summed E-state index contributed by atoms with van der Waals surface area (Å²) in [5.74, 6) is -3.13. The second-order valence-corrected chi connectivity index (χ2v) is 5.29. The first-order valence-electron chi connectivity index (χ1n) is 4.96. The number of carboxylic acid groups (broad SMARTS) is 2. The van der Waals surface area contributed by atoms with E-state index in [2.05, 4.69) is 4.74 Å². The number of nitrogens with one attached hydrogen (secondary N) is 1. The van der Waals surface area contributed by atoms with Crippen LogP contribution >= 0.6 is 0 Å². The van der Waals surface area contributed by atoms with E-state index < -0.39 is 47.4 Å². The van der Waals surface area contributed by atoms with Crippen molar-refractivity contribution in [3.63, 3.8) is 0 Å². The average molecular weight is 298 g/mol. The normalized spacial score (nSPS) is 11.4. The minimum absolute atomic E-state index is 0.0826. The summed E-state index contributed by atoms with van der Waals surface area (Å²) in [6.07, 6.45) is -1.92. The van der Waals surface area contributed by atoms with E-state index in [0.29, 0.717) is 0 Å². The number of ether oxygens (including phenoxy) is 1. The predicted octanol–water partition coefficient (Wildman–Crippen LogP) is -1.16. The molecule has 1 amide bonds. The maximum atomic E-state index is 11.6. The molecule has 0 aliphatic carbocycles. The molecule has 11 heteroatoms. The van der Waals surface area contributed by atoms with Crippen molar-refractivity contribution in [1.82, 2.24) is 9.03 Å².